The number of carboxylic acids is 1. The quantitative estimate of drug-likeness (QED) is 0.649. The van der Waals surface area contributed by atoms with Gasteiger partial charge in [0.25, 0.3) is 0 Å². The van der Waals surface area contributed by atoms with Crippen LogP contribution in [0.4, 0.5) is 0 Å². The molecule has 2 aliphatic rings. The van der Waals surface area contributed by atoms with Gasteiger partial charge in [0.05, 0.1) is 25.7 Å². The number of carboxylic acid groups (broad SMARTS) is 1. The van der Waals surface area contributed by atoms with Gasteiger partial charge in [0.15, 0.2) is 0 Å². The zero-order valence-corrected chi connectivity index (χ0v) is 8.39. The van der Waals surface area contributed by atoms with Crippen LogP contribution in [-0.4, -0.2) is 59.8 Å². The molecule has 84 valence electrons. The number of hydrogen-bond acceptors (Lipinski definition) is 4. The van der Waals surface area contributed by atoms with Crippen molar-refractivity contribution in [3.8, 4) is 0 Å². The molecule has 0 spiro atoms. The van der Waals surface area contributed by atoms with Crippen molar-refractivity contribution in [1.82, 2.24) is 10.0 Å². The molecule has 2 heterocycles. The van der Waals surface area contributed by atoms with Crippen LogP contribution < -0.4 is 0 Å². The predicted molar refractivity (Wildman–Crippen MR) is 49.8 cm³/mol. The lowest BCUT2D eigenvalue weighted by molar-refractivity contribution is -0.150. The normalized spacial score (nSPS) is 28.4. The van der Waals surface area contributed by atoms with Crippen LogP contribution in [0.15, 0.2) is 0 Å². The fourth-order valence-electron chi connectivity index (χ4n) is 1.93. The number of morpholine rings is 1. The highest BCUT2D eigenvalue weighted by Crippen LogP contribution is 2.20. The van der Waals surface area contributed by atoms with E-state index in [2.05, 4.69) is 0 Å². The Morgan fingerprint density at radius 1 is 1.40 bits per heavy atom. The molecule has 2 saturated heterocycles. The van der Waals surface area contributed by atoms with Gasteiger partial charge >= 0.3 is 5.97 Å². The molecular formula is C9H14N2O4. The first-order valence-electron chi connectivity index (χ1n) is 5.04. The van der Waals surface area contributed by atoms with Crippen LogP contribution >= 0.6 is 0 Å². The van der Waals surface area contributed by atoms with E-state index in [-0.39, 0.29) is 12.3 Å². The Kier molecular flexibility index (Phi) is 2.88. The first-order valence-corrected chi connectivity index (χ1v) is 5.04. The predicted octanol–water partition coefficient (Wildman–Crippen LogP) is -0.833. The highest BCUT2D eigenvalue weighted by atomic mass is 16.5. The number of hydrazine groups is 1. The molecule has 1 atom stereocenters. The van der Waals surface area contributed by atoms with Gasteiger partial charge in [0, 0.05) is 19.5 Å². The first kappa shape index (κ1) is 10.4. The van der Waals surface area contributed by atoms with Gasteiger partial charge in [-0.25, -0.2) is 5.01 Å². The number of carbonyl (C=O) groups is 2. The molecule has 0 aliphatic carbocycles. The summed E-state index contributed by atoms with van der Waals surface area (Å²) in [4.78, 5) is 22.3. The summed E-state index contributed by atoms with van der Waals surface area (Å²) >= 11 is 0. The third-order valence-electron chi connectivity index (χ3n) is 2.78. The minimum absolute atomic E-state index is 0.0932. The van der Waals surface area contributed by atoms with E-state index in [1.165, 1.54) is 0 Å². The van der Waals surface area contributed by atoms with E-state index in [4.69, 9.17) is 9.84 Å². The number of carbonyl (C=O) groups excluding carboxylic acids is 1. The molecule has 1 amide bonds. The van der Waals surface area contributed by atoms with Crippen molar-refractivity contribution in [3.63, 3.8) is 0 Å². The van der Waals surface area contributed by atoms with Crippen LogP contribution in [0, 0.1) is 5.92 Å². The lowest BCUT2D eigenvalue weighted by Gasteiger charge is -2.34. The van der Waals surface area contributed by atoms with Crippen molar-refractivity contribution in [2.24, 2.45) is 5.92 Å². The van der Waals surface area contributed by atoms with Gasteiger partial charge in [0.2, 0.25) is 5.91 Å². The fourth-order valence-corrected chi connectivity index (χ4v) is 1.93. The highest BCUT2D eigenvalue weighted by Gasteiger charge is 2.37. The molecule has 0 saturated carbocycles. The van der Waals surface area contributed by atoms with Gasteiger partial charge in [-0.2, -0.15) is 0 Å². The number of rotatable bonds is 2. The van der Waals surface area contributed by atoms with Crippen molar-refractivity contribution in [3.05, 3.63) is 0 Å². The average molecular weight is 214 g/mol. The summed E-state index contributed by atoms with van der Waals surface area (Å²) in [7, 11) is 0. The molecule has 2 fully saturated rings. The molecule has 0 bridgehead atoms. The van der Waals surface area contributed by atoms with Gasteiger partial charge < -0.3 is 9.84 Å². The molecular weight excluding hydrogens is 200 g/mol. The van der Waals surface area contributed by atoms with E-state index >= 15 is 0 Å². The zero-order valence-electron chi connectivity index (χ0n) is 8.39. The summed E-state index contributed by atoms with van der Waals surface area (Å²) < 4.78 is 5.17. The van der Waals surface area contributed by atoms with E-state index < -0.39 is 11.9 Å². The molecule has 2 rings (SSSR count). The third-order valence-corrected chi connectivity index (χ3v) is 2.78. The maximum Gasteiger partial charge on any atom is 0.308 e. The second kappa shape index (κ2) is 4.16. The highest BCUT2D eigenvalue weighted by molar-refractivity contribution is 5.85. The smallest absolute Gasteiger partial charge is 0.308 e. The van der Waals surface area contributed by atoms with Crippen molar-refractivity contribution < 1.29 is 19.4 Å². The van der Waals surface area contributed by atoms with Gasteiger partial charge in [-0.15, -0.1) is 0 Å². The number of amides is 1. The lowest BCUT2D eigenvalue weighted by Crippen LogP contribution is -2.49. The molecule has 15 heavy (non-hydrogen) atoms. The van der Waals surface area contributed by atoms with Crippen molar-refractivity contribution >= 4 is 11.9 Å². The Bertz CT molecular complexity index is 275. The molecule has 6 nitrogen and oxygen atoms in total. The molecule has 0 aromatic rings. The minimum Gasteiger partial charge on any atom is -0.481 e. The summed E-state index contributed by atoms with van der Waals surface area (Å²) in [6.45, 7) is 2.83. The fraction of sp³-hybridized carbons (Fsp3) is 0.778. The number of aliphatic carboxylic acids is 1. The third kappa shape index (κ3) is 2.10. The number of ether oxygens (including phenoxy) is 1. The minimum atomic E-state index is -0.890. The summed E-state index contributed by atoms with van der Waals surface area (Å²) in [5, 5.41) is 12.3. The molecule has 0 radical (unpaired) electrons. The first-order chi connectivity index (χ1) is 7.18. The van der Waals surface area contributed by atoms with E-state index in [0.29, 0.717) is 32.8 Å². The van der Waals surface area contributed by atoms with E-state index in [1.807, 2.05) is 5.01 Å². The maximum atomic E-state index is 11.6. The van der Waals surface area contributed by atoms with Gasteiger partial charge in [-0.1, -0.05) is 0 Å². The Morgan fingerprint density at radius 3 is 2.60 bits per heavy atom. The Morgan fingerprint density at radius 2 is 2.07 bits per heavy atom. The van der Waals surface area contributed by atoms with Crippen LogP contribution in [0.2, 0.25) is 0 Å². The van der Waals surface area contributed by atoms with Gasteiger partial charge in [0.1, 0.15) is 0 Å². The van der Waals surface area contributed by atoms with Gasteiger partial charge in [-0.3, -0.25) is 14.6 Å². The van der Waals surface area contributed by atoms with Crippen molar-refractivity contribution in [1.29, 1.82) is 0 Å². The topological polar surface area (TPSA) is 70.1 Å². The summed E-state index contributed by atoms with van der Waals surface area (Å²) in [5.41, 5.74) is 0. The summed E-state index contributed by atoms with van der Waals surface area (Å²) in [6.07, 6.45) is 0.118. The zero-order chi connectivity index (χ0) is 10.8. The van der Waals surface area contributed by atoms with E-state index in [1.54, 1.807) is 5.01 Å². The molecule has 0 aromatic heterocycles. The monoisotopic (exact) mass is 214 g/mol. The SMILES string of the molecule is O=C(O)[C@@H]1CC(=O)N(N2CCOCC2)C1. The average Bonchev–Trinajstić information content (AvgIpc) is 2.62. The Balaban J connectivity index is 1.97. The summed E-state index contributed by atoms with van der Waals surface area (Å²) in [6, 6.07) is 0. The van der Waals surface area contributed by atoms with Crippen LogP contribution in [-0.2, 0) is 14.3 Å². The molecule has 2 aliphatic heterocycles. The van der Waals surface area contributed by atoms with E-state index in [0.717, 1.165) is 0 Å². The number of nitrogens with zero attached hydrogens (tertiary/aromatic N) is 2. The standard InChI is InChI=1S/C9H14N2O4/c12-8-5-7(9(13)14)6-11(8)10-1-3-15-4-2-10/h7H,1-6H2,(H,13,14)/t7-/m1/s1. The largest absolute Gasteiger partial charge is 0.481 e. The maximum absolute atomic E-state index is 11.6. The summed E-state index contributed by atoms with van der Waals surface area (Å²) in [5.74, 6) is -1.54. The van der Waals surface area contributed by atoms with Crippen molar-refractivity contribution in [2.45, 2.75) is 6.42 Å². The van der Waals surface area contributed by atoms with Crippen LogP contribution in [0.5, 0.6) is 0 Å². The number of hydrogen-bond donors (Lipinski definition) is 1. The second-order valence-electron chi connectivity index (χ2n) is 3.78. The molecule has 0 aromatic carbocycles. The molecule has 0 unspecified atom stereocenters. The van der Waals surface area contributed by atoms with Crippen LogP contribution in [0.1, 0.15) is 6.42 Å². The van der Waals surface area contributed by atoms with Crippen LogP contribution in [0.25, 0.3) is 0 Å². The van der Waals surface area contributed by atoms with Gasteiger partial charge in [-0.05, 0) is 0 Å². The van der Waals surface area contributed by atoms with Crippen molar-refractivity contribution in [2.75, 3.05) is 32.8 Å². The molecule has 6 heteroatoms. The van der Waals surface area contributed by atoms with E-state index in [9.17, 15) is 9.59 Å². The molecule has 1 N–H and O–H groups in total. The van der Waals surface area contributed by atoms with Crippen LogP contribution in [0.3, 0.4) is 0 Å². The Labute approximate surface area is 87.4 Å². The second-order valence-corrected chi connectivity index (χ2v) is 3.78. The lowest BCUT2D eigenvalue weighted by atomic mass is 10.1. The Hall–Kier alpha value is -1.14.